The molecular weight excluding hydrogens is 262 g/mol. The van der Waals surface area contributed by atoms with Gasteiger partial charge in [0.25, 0.3) is 5.91 Å². The number of anilines is 1. The molecule has 21 heavy (non-hydrogen) atoms. The third-order valence-corrected chi connectivity index (χ3v) is 4.62. The first-order valence-electron chi connectivity index (χ1n) is 7.75. The van der Waals surface area contributed by atoms with Crippen molar-refractivity contribution in [1.82, 2.24) is 9.80 Å². The second-order valence-corrected chi connectivity index (χ2v) is 6.24. The van der Waals surface area contributed by atoms with Crippen LogP contribution >= 0.6 is 0 Å². The summed E-state index contributed by atoms with van der Waals surface area (Å²) in [5, 5.41) is 3.24. The molecular formula is C17H27N3O. The molecule has 1 aromatic carbocycles. The normalized spacial score (nSPS) is 16.4. The highest BCUT2D eigenvalue weighted by Crippen LogP contribution is 2.36. The highest BCUT2D eigenvalue weighted by Gasteiger charge is 2.40. The molecule has 2 rings (SSSR count). The van der Waals surface area contributed by atoms with Crippen LogP contribution in [0.15, 0.2) is 24.3 Å². The molecule has 1 aliphatic carbocycles. The van der Waals surface area contributed by atoms with Crippen molar-refractivity contribution in [3.8, 4) is 0 Å². The molecule has 0 aromatic heterocycles. The third-order valence-electron chi connectivity index (χ3n) is 4.62. The van der Waals surface area contributed by atoms with Crippen molar-refractivity contribution in [3.05, 3.63) is 29.8 Å². The fraction of sp³-hybridized carbons (Fsp3) is 0.588. The maximum Gasteiger partial charge on any atom is 0.253 e. The van der Waals surface area contributed by atoms with Gasteiger partial charge in [0.15, 0.2) is 0 Å². The van der Waals surface area contributed by atoms with Crippen molar-refractivity contribution in [2.45, 2.75) is 31.7 Å². The molecule has 0 atom stereocenters. The van der Waals surface area contributed by atoms with Crippen molar-refractivity contribution in [1.29, 1.82) is 0 Å². The minimum Gasteiger partial charge on any atom is -0.385 e. The average Bonchev–Trinajstić information content (AvgIpc) is 2.42. The lowest BCUT2D eigenvalue weighted by atomic mass is 9.75. The Morgan fingerprint density at radius 1 is 1.19 bits per heavy atom. The minimum atomic E-state index is 0.103. The molecule has 1 amide bonds. The van der Waals surface area contributed by atoms with E-state index in [1.807, 2.05) is 36.2 Å². The lowest BCUT2D eigenvalue weighted by molar-refractivity contribution is 0.0252. The van der Waals surface area contributed by atoms with E-state index in [1.54, 1.807) is 0 Å². The number of benzene rings is 1. The van der Waals surface area contributed by atoms with Crippen LogP contribution in [0.25, 0.3) is 0 Å². The molecule has 0 radical (unpaired) electrons. The number of hydrogen-bond donors (Lipinski definition) is 1. The fourth-order valence-electron chi connectivity index (χ4n) is 3.00. The molecule has 0 bridgehead atoms. The Bertz CT molecular complexity index is 477. The molecule has 116 valence electrons. The third kappa shape index (κ3) is 3.38. The Labute approximate surface area is 128 Å². The van der Waals surface area contributed by atoms with E-state index >= 15 is 0 Å². The van der Waals surface area contributed by atoms with Crippen LogP contribution < -0.4 is 5.32 Å². The first-order chi connectivity index (χ1) is 9.98. The number of amides is 1. The van der Waals surface area contributed by atoms with Gasteiger partial charge in [0.05, 0.1) is 0 Å². The summed E-state index contributed by atoms with van der Waals surface area (Å²) in [6.07, 6.45) is 3.62. The molecule has 0 unspecified atom stereocenters. The van der Waals surface area contributed by atoms with Gasteiger partial charge in [0, 0.05) is 36.9 Å². The lowest BCUT2D eigenvalue weighted by Crippen LogP contribution is -2.57. The molecule has 1 N–H and O–H groups in total. The van der Waals surface area contributed by atoms with E-state index in [4.69, 9.17) is 0 Å². The van der Waals surface area contributed by atoms with Crippen molar-refractivity contribution < 1.29 is 4.79 Å². The molecule has 0 aliphatic heterocycles. The Balaban J connectivity index is 2.01. The van der Waals surface area contributed by atoms with E-state index in [1.165, 1.54) is 19.3 Å². The van der Waals surface area contributed by atoms with Gasteiger partial charge in [-0.15, -0.1) is 0 Å². The SMILES string of the molecule is CCNc1ccc(C(=O)N(C)CC2(N(C)C)CCC2)cc1. The second-order valence-electron chi connectivity index (χ2n) is 6.24. The van der Waals surface area contributed by atoms with Gasteiger partial charge >= 0.3 is 0 Å². The molecule has 4 heteroatoms. The first kappa shape index (κ1) is 15.8. The molecule has 0 heterocycles. The Kier molecular flexibility index (Phi) is 4.88. The number of nitrogens with zero attached hydrogens (tertiary/aromatic N) is 2. The van der Waals surface area contributed by atoms with Crippen LogP contribution in [0.2, 0.25) is 0 Å². The monoisotopic (exact) mass is 289 g/mol. The zero-order valence-corrected chi connectivity index (χ0v) is 13.6. The average molecular weight is 289 g/mol. The van der Waals surface area contributed by atoms with E-state index in [0.29, 0.717) is 0 Å². The smallest absolute Gasteiger partial charge is 0.253 e. The highest BCUT2D eigenvalue weighted by atomic mass is 16.2. The van der Waals surface area contributed by atoms with Crippen LogP contribution in [-0.4, -0.2) is 55.5 Å². The molecule has 0 saturated heterocycles. The van der Waals surface area contributed by atoms with Gasteiger partial charge in [-0.25, -0.2) is 0 Å². The summed E-state index contributed by atoms with van der Waals surface area (Å²) >= 11 is 0. The van der Waals surface area contributed by atoms with Gasteiger partial charge in [-0.1, -0.05) is 0 Å². The second kappa shape index (κ2) is 6.48. The highest BCUT2D eigenvalue weighted by molar-refractivity contribution is 5.94. The van der Waals surface area contributed by atoms with Crippen LogP contribution in [0, 0.1) is 0 Å². The number of rotatable bonds is 6. The number of nitrogens with one attached hydrogen (secondary N) is 1. The number of hydrogen-bond acceptors (Lipinski definition) is 3. The van der Waals surface area contributed by atoms with E-state index in [0.717, 1.165) is 24.3 Å². The summed E-state index contributed by atoms with van der Waals surface area (Å²) in [4.78, 5) is 16.7. The zero-order chi connectivity index (χ0) is 15.5. The Morgan fingerprint density at radius 3 is 2.24 bits per heavy atom. The Hall–Kier alpha value is -1.55. The summed E-state index contributed by atoms with van der Waals surface area (Å²) in [5.41, 5.74) is 1.99. The summed E-state index contributed by atoms with van der Waals surface area (Å²) < 4.78 is 0. The van der Waals surface area contributed by atoms with Crippen LogP contribution in [0.1, 0.15) is 36.5 Å². The fourth-order valence-corrected chi connectivity index (χ4v) is 3.00. The first-order valence-corrected chi connectivity index (χ1v) is 7.75. The van der Waals surface area contributed by atoms with Crippen LogP contribution in [0.3, 0.4) is 0 Å². The van der Waals surface area contributed by atoms with Gasteiger partial charge < -0.3 is 15.1 Å². The van der Waals surface area contributed by atoms with Crippen LogP contribution in [0.4, 0.5) is 5.69 Å². The zero-order valence-electron chi connectivity index (χ0n) is 13.6. The van der Waals surface area contributed by atoms with E-state index < -0.39 is 0 Å². The molecule has 0 spiro atoms. The minimum absolute atomic E-state index is 0.103. The van der Waals surface area contributed by atoms with Crippen LogP contribution in [0.5, 0.6) is 0 Å². The maximum atomic E-state index is 12.5. The summed E-state index contributed by atoms with van der Waals surface area (Å²) in [7, 11) is 6.13. The van der Waals surface area contributed by atoms with Gasteiger partial charge in [0.2, 0.25) is 0 Å². The van der Waals surface area contributed by atoms with E-state index in [-0.39, 0.29) is 11.4 Å². The summed E-state index contributed by atoms with van der Waals surface area (Å²) in [6, 6.07) is 7.74. The van der Waals surface area contributed by atoms with Gasteiger partial charge in [-0.05, 0) is 64.5 Å². The molecule has 1 fully saturated rings. The topological polar surface area (TPSA) is 35.6 Å². The van der Waals surface area contributed by atoms with Crippen molar-refractivity contribution in [2.75, 3.05) is 39.5 Å². The lowest BCUT2D eigenvalue weighted by Gasteiger charge is -2.49. The van der Waals surface area contributed by atoms with Crippen LogP contribution in [-0.2, 0) is 0 Å². The van der Waals surface area contributed by atoms with Crippen molar-refractivity contribution >= 4 is 11.6 Å². The largest absolute Gasteiger partial charge is 0.385 e. The van der Waals surface area contributed by atoms with Gasteiger partial charge in [-0.3, -0.25) is 4.79 Å². The van der Waals surface area contributed by atoms with E-state index in [2.05, 4.69) is 31.2 Å². The molecule has 1 saturated carbocycles. The standard InChI is InChI=1S/C17H27N3O/c1-5-18-15-9-7-14(8-10-15)16(21)20(4)13-17(19(2)3)11-6-12-17/h7-10,18H,5-6,11-13H2,1-4H3. The van der Waals surface area contributed by atoms with Crippen molar-refractivity contribution in [3.63, 3.8) is 0 Å². The quantitative estimate of drug-likeness (QED) is 0.874. The van der Waals surface area contributed by atoms with Gasteiger partial charge in [-0.2, -0.15) is 0 Å². The predicted molar refractivity (Wildman–Crippen MR) is 87.8 cm³/mol. The Morgan fingerprint density at radius 2 is 1.81 bits per heavy atom. The maximum absolute atomic E-state index is 12.5. The number of carbonyl (C=O) groups excluding carboxylic acids is 1. The predicted octanol–water partition coefficient (Wildman–Crippen LogP) is 2.67. The van der Waals surface area contributed by atoms with Gasteiger partial charge in [0.1, 0.15) is 0 Å². The number of carbonyl (C=O) groups is 1. The number of likely N-dealkylation sites (N-methyl/N-ethyl adjacent to an activating group) is 2. The summed E-state index contributed by atoms with van der Waals surface area (Å²) in [5.74, 6) is 0.103. The molecule has 1 aliphatic rings. The molecule has 1 aromatic rings. The van der Waals surface area contributed by atoms with E-state index in [9.17, 15) is 4.79 Å². The summed E-state index contributed by atoms with van der Waals surface area (Å²) in [6.45, 7) is 3.75. The molecule has 4 nitrogen and oxygen atoms in total. The van der Waals surface area contributed by atoms with Crippen molar-refractivity contribution in [2.24, 2.45) is 0 Å².